The molecule has 2 aromatic rings. The minimum Gasteiger partial charge on any atom is -0.497 e. The molecule has 140 valence electrons. The highest BCUT2D eigenvalue weighted by molar-refractivity contribution is 5.93. The maximum Gasteiger partial charge on any atom is 0.273 e. The van der Waals surface area contributed by atoms with Crippen molar-refractivity contribution in [1.29, 1.82) is 0 Å². The standard InChI is InChI=1S/C19H26N4O3/c1-14(23-10-8-22(2)9-11-23)13-20-19(24)17-12-18(26-21-17)15-4-6-16(25-3)7-5-15/h4-7,12,14H,8-11,13H2,1-3H3,(H,20,24)/t14-/m0/s1. The number of nitrogens with one attached hydrogen (secondary N) is 1. The van der Waals surface area contributed by atoms with E-state index in [1.807, 2.05) is 24.3 Å². The molecule has 1 aromatic carbocycles. The van der Waals surface area contributed by atoms with Crippen LogP contribution in [0.15, 0.2) is 34.9 Å². The summed E-state index contributed by atoms with van der Waals surface area (Å²) in [6.45, 7) is 6.91. The molecule has 7 nitrogen and oxygen atoms in total. The Balaban J connectivity index is 1.54. The van der Waals surface area contributed by atoms with E-state index in [9.17, 15) is 4.79 Å². The SMILES string of the molecule is COc1ccc(-c2cc(C(=O)NC[C@H](C)N3CCN(C)CC3)no2)cc1. The van der Waals surface area contributed by atoms with Crippen LogP contribution in [0.5, 0.6) is 5.75 Å². The lowest BCUT2D eigenvalue weighted by Crippen LogP contribution is -2.51. The highest BCUT2D eigenvalue weighted by atomic mass is 16.5. The average molecular weight is 358 g/mol. The van der Waals surface area contributed by atoms with Crippen LogP contribution in [-0.4, -0.2) is 73.8 Å². The lowest BCUT2D eigenvalue weighted by Gasteiger charge is -2.36. The van der Waals surface area contributed by atoms with Crippen LogP contribution >= 0.6 is 0 Å². The van der Waals surface area contributed by atoms with Gasteiger partial charge in [-0.2, -0.15) is 0 Å². The summed E-state index contributed by atoms with van der Waals surface area (Å²) < 4.78 is 10.5. The number of carbonyl (C=O) groups excluding carboxylic acids is 1. The van der Waals surface area contributed by atoms with Gasteiger partial charge in [0, 0.05) is 50.4 Å². The second-order valence-corrected chi connectivity index (χ2v) is 6.70. The number of likely N-dealkylation sites (N-methyl/N-ethyl adjacent to an activating group) is 1. The Hall–Kier alpha value is -2.38. The van der Waals surface area contributed by atoms with Crippen LogP contribution in [0.25, 0.3) is 11.3 Å². The summed E-state index contributed by atoms with van der Waals surface area (Å²) in [4.78, 5) is 17.1. The molecule has 0 unspecified atom stereocenters. The van der Waals surface area contributed by atoms with Crippen LogP contribution in [0.1, 0.15) is 17.4 Å². The van der Waals surface area contributed by atoms with Gasteiger partial charge in [-0.1, -0.05) is 5.16 Å². The number of aromatic nitrogens is 1. The average Bonchev–Trinajstić information content (AvgIpc) is 3.17. The molecule has 2 heterocycles. The summed E-state index contributed by atoms with van der Waals surface area (Å²) in [7, 11) is 3.75. The van der Waals surface area contributed by atoms with Crippen molar-refractivity contribution >= 4 is 5.91 Å². The minimum absolute atomic E-state index is 0.213. The Morgan fingerprint density at radius 2 is 1.96 bits per heavy atom. The third-order valence-corrected chi connectivity index (χ3v) is 4.84. The summed E-state index contributed by atoms with van der Waals surface area (Å²) in [6, 6.07) is 9.38. The number of hydrogen-bond donors (Lipinski definition) is 1. The van der Waals surface area contributed by atoms with E-state index in [0.29, 0.717) is 24.0 Å². The van der Waals surface area contributed by atoms with E-state index in [1.54, 1.807) is 13.2 Å². The highest BCUT2D eigenvalue weighted by Gasteiger charge is 2.20. The molecule has 0 aliphatic carbocycles. The first-order chi connectivity index (χ1) is 12.6. The zero-order valence-electron chi connectivity index (χ0n) is 15.6. The maximum absolute atomic E-state index is 12.3. The lowest BCUT2D eigenvalue weighted by molar-refractivity contribution is 0.0895. The predicted octanol–water partition coefficient (Wildman–Crippen LogP) is 1.72. The van der Waals surface area contributed by atoms with E-state index >= 15 is 0 Å². The van der Waals surface area contributed by atoms with Gasteiger partial charge in [0.2, 0.25) is 0 Å². The smallest absolute Gasteiger partial charge is 0.273 e. The molecule has 1 aliphatic heterocycles. The van der Waals surface area contributed by atoms with Crippen molar-refractivity contribution in [1.82, 2.24) is 20.3 Å². The Kier molecular flexibility index (Phi) is 5.90. The van der Waals surface area contributed by atoms with Crippen molar-refractivity contribution in [2.45, 2.75) is 13.0 Å². The Bertz CT molecular complexity index is 721. The molecule has 1 atom stereocenters. The largest absolute Gasteiger partial charge is 0.497 e. The number of piperazine rings is 1. The predicted molar refractivity (Wildman–Crippen MR) is 99.4 cm³/mol. The second-order valence-electron chi connectivity index (χ2n) is 6.70. The normalized spacial score (nSPS) is 17.0. The van der Waals surface area contributed by atoms with Crippen LogP contribution in [0.4, 0.5) is 0 Å². The van der Waals surface area contributed by atoms with Crippen LogP contribution in [0, 0.1) is 0 Å². The van der Waals surface area contributed by atoms with Crippen molar-refractivity contribution < 1.29 is 14.1 Å². The van der Waals surface area contributed by atoms with Crippen LogP contribution < -0.4 is 10.1 Å². The van der Waals surface area contributed by atoms with Gasteiger partial charge in [0.1, 0.15) is 5.75 Å². The number of rotatable bonds is 6. The topological polar surface area (TPSA) is 70.8 Å². The van der Waals surface area contributed by atoms with Gasteiger partial charge in [0.25, 0.3) is 5.91 Å². The molecule has 1 aliphatic rings. The van der Waals surface area contributed by atoms with Gasteiger partial charge in [-0.05, 0) is 38.2 Å². The fraction of sp³-hybridized carbons (Fsp3) is 0.474. The highest BCUT2D eigenvalue weighted by Crippen LogP contribution is 2.23. The zero-order chi connectivity index (χ0) is 18.5. The monoisotopic (exact) mass is 358 g/mol. The molecule has 0 radical (unpaired) electrons. The fourth-order valence-corrected chi connectivity index (χ4v) is 3.00. The molecule has 1 amide bonds. The summed E-state index contributed by atoms with van der Waals surface area (Å²) >= 11 is 0. The van der Waals surface area contributed by atoms with E-state index in [4.69, 9.17) is 9.26 Å². The number of hydrogen-bond acceptors (Lipinski definition) is 6. The molecular formula is C19H26N4O3. The number of methoxy groups -OCH3 is 1. The summed E-state index contributed by atoms with van der Waals surface area (Å²) in [6.07, 6.45) is 0. The van der Waals surface area contributed by atoms with Crippen LogP contribution in [0.3, 0.4) is 0 Å². The van der Waals surface area contributed by atoms with Crippen LogP contribution in [0.2, 0.25) is 0 Å². The third-order valence-electron chi connectivity index (χ3n) is 4.84. The van der Waals surface area contributed by atoms with Crippen molar-refractivity contribution in [3.8, 4) is 17.1 Å². The van der Waals surface area contributed by atoms with Gasteiger partial charge in [-0.15, -0.1) is 0 Å². The Morgan fingerprint density at radius 3 is 2.62 bits per heavy atom. The Morgan fingerprint density at radius 1 is 1.27 bits per heavy atom. The van der Waals surface area contributed by atoms with Gasteiger partial charge in [0.05, 0.1) is 7.11 Å². The quantitative estimate of drug-likeness (QED) is 0.848. The van der Waals surface area contributed by atoms with E-state index in [1.165, 1.54) is 0 Å². The van der Waals surface area contributed by atoms with E-state index in [2.05, 4.69) is 34.2 Å². The molecule has 7 heteroatoms. The van der Waals surface area contributed by atoms with Crippen molar-refractivity contribution in [2.24, 2.45) is 0 Å². The molecule has 1 fully saturated rings. The first kappa shape index (κ1) is 18.4. The third kappa shape index (κ3) is 4.42. The van der Waals surface area contributed by atoms with Gasteiger partial charge in [-0.3, -0.25) is 9.69 Å². The van der Waals surface area contributed by atoms with Gasteiger partial charge >= 0.3 is 0 Å². The molecule has 26 heavy (non-hydrogen) atoms. The number of amides is 1. The van der Waals surface area contributed by atoms with Crippen molar-refractivity contribution in [3.63, 3.8) is 0 Å². The van der Waals surface area contributed by atoms with Gasteiger partial charge in [-0.25, -0.2) is 0 Å². The number of nitrogens with zero attached hydrogens (tertiary/aromatic N) is 3. The first-order valence-electron chi connectivity index (χ1n) is 8.88. The van der Waals surface area contributed by atoms with Crippen molar-refractivity contribution in [3.05, 3.63) is 36.0 Å². The lowest BCUT2D eigenvalue weighted by atomic mass is 10.1. The molecule has 1 saturated heterocycles. The van der Waals surface area contributed by atoms with E-state index < -0.39 is 0 Å². The van der Waals surface area contributed by atoms with Gasteiger partial charge < -0.3 is 19.5 Å². The number of carbonyl (C=O) groups is 1. The summed E-state index contributed by atoms with van der Waals surface area (Å²) in [5.74, 6) is 1.11. The molecule has 1 aromatic heterocycles. The zero-order valence-corrected chi connectivity index (χ0v) is 15.6. The molecule has 0 spiro atoms. The molecular weight excluding hydrogens is 332 g/mol. The molecule has 0 saturated carbocycles. The maximum atomic E-state index is 12.3. The van der Waals surface area contributed by atoms with Crippen LogP contribution in [-0.2, 0) is 0 Å². The fourth-order valence-electron chi connectivity index (χ4n) is 3.00. The molecule has 0 bridgehead atoms. The van der Waals surface area contributed by atoms with E-state index in [0.717, 1.165) is 37.5 Å². The molecule has 1 N–H and O–H groups in total. The Labute approximate surface area is 153 Å². The van der Waals surface area contributed by atoms with E-state index in [-0.39, 0.29) is 5.91 Å². The van der Waals surface area contributed by atoms with Gasteiger partial charge in [0.15, 0.2) is 11.5 Å². The summed E-state index contributed by atoms with van der Waals surface area (Å²) in [5.41, 5.74) is 1.14. The number of benzene rings is 1. The molecule has 3 rings (SSSR count). The van der Waals surface area contributed by atoms with Crippen molar-refractivity contribution in [2.75, 3.05) is 46.9 Å². The number of ether oxygens (including phenoxy) is 1. The summed E-state index contributed by atoms with van der Waals surface area (Å²) in [5, 5.41) is 6.85. The first-order valence-corrected chi connectivity index (χ1v) is 8.88. The second kappa shape index (κ2) is 8.33. The minimum atomic E-state index is -0.213.